The molecular formula is C21H26ClN3O2. The number of amides is 2. The van der Waals surface area contributed by atoms with Crippen LogP contribution in [0.3, 0.4) is 0 Å². The SMILES string of the molecule is COc1cc(Cl)c(C)cc1N1CCN(C(=O)Nc2cccc(C)c2C)CC1. The number of anilines is 2. The van der Waals surface area contributed by atoms with Crippen LogP contribution < -0.4 is 15.0 Å². The van der Waals surface area contributed by atoms with Crippen molar-refractivity contribution in [1.82, 2.24) is 4.90 Å². The van der Waals surface area contributed by atoms with Gasteiger partial charge in [0, 0.05) is 43.0 Å². The van der Waals surface area contributed by atoms with Crippen molar-refractivity contribution >= 4 is 29.0 Å². The van der Waals surface area contributed by atoms with Crippen LogP contribution >= 0.6 is 11.6 Å². The third-order valence-corrected chi connectivity index (χ3v) is 5.62. The van der Waals surface area contributed by atoms with Crippen molar-refractivity contribution in [2.24, 2.45) is 0 Å². The molecule has 1 aliphatic heterocycles. The Kier molecular flexibility index (Phi) is 5.80. The Bertz CT molecular complexity index is 846. The maximum absolute atomic E-state index is 12.7. The monoisotopic (exact) mass is 387 g/mol. The van der Waals surface area contributed by atoms with Crippen molar-refractivity contribution in [3.63, 3.8) is 0 Å². The van der Waals surface area contributed by atoms with Crippen LogP contribution in [0.1, 0.15) is 16.7 Å². The molecule has 0 spiro atoms. The summed E-state index contributed by atoms with van der Waals surface area (Å²) < 4.78 is 5.49. The van der Waals surface area contributed by atoms with E-state index < -0.39 is 0 Å². The lowest BCUT2D eigenvalue weighted by Gasteiger charge is -2.36. The first kappa shape index (κ1) is 19.4. The number of halogens is 1. The van der Waals surface area contributed by atoms with Crippen LogP contribution in [0.4, 0.5) is 16.2 Å². The van der Waals surface area contributed by atoms with Crippen LogP contribution in [0.15, 0.2) is 30.3 Å². The second-order valence-electron chi connectivity index (χ2n) is 6.92. The number of nitrogens with zero attached hydrogens (tertiary/aromatic N) is 2. The highest BCUT2D eigenvalue weighted by molar-refractivity contribution is 6.31. The molecule has 0 aliphatic carbocycles. The quantitative estimate of drug-likeness (QED) is 0.835. The summed E-state index contributed by atoms with van der Waals surface area (Å²) in [6.45, 7) is 8.86. The van der Waals surface area contributed by atoms with Gasteiger partial charge >= 0.3 is 6.03 Å². The fraction of sp³-hybridized carbons (Fsp3) is 0.381. The van der Waals surface area contributed by atoms with Crippen LogP contribution in [0.5, 0.6) is 5.75 Å². The molecule has 3 rings (SSSR count). The predicted molar refractivity (Wildman–Crippen MR) is 111 cm³/mol. The largest absolute Gasteiger partial charge is 0.495 e. The number of carbonyl (C=O) groups is 1. The summed E-state index contributed by atoms with van der Waals surface area (Å²) in [7, 11) is 1.65. The number of rotatable bonds is 3. The number of carbonyl (C=O) groups excluding carboxylic acids is 1. The molecule has 0 unspecified atom stereocenters. The standard InChI is InChI=1S/C21H26ClN3O2/c1-14-6-5-7-18(16(14)3)23-21(26)25-10-8-24(9-11-25)19-12-15(2)17(22)13-20(19)27-4/h5-7,12-13H,8-11H2,1-4H3,(H,23,26). The van der Waals surface area contributed by atoms with Crippen LogP contribution in [-0.2, 0) is 0 Å². The van der Waals surface area contributed by atoms with Gasteiger partial charge in [-0.15, -0.1) is 0 Å². The lowest BCUT2D eigenvalue weighted by atomic mass is 10.1. The third kappa shape index (κ3) is 4.14. The van der Waals surface area contributed by atoms with E-state index in [0.29, 0.717) is 18.1 Å². The maximum atomic E-state index is 12.7. The van der Waals surface area contributed by atoms with Gasteiger partial charge in [-0.2, -0.15) is 0 Å². The zero-order valence-corrected chi connectivity index (χ0v) is 17.1. The molecule has 0 atom stereocenters. The first-order chi connectivity index (χ1) is 12.9. The second kappa shape index (κ2) is 8.09. The maximum Gasteiger partial charge on any atom is 0.321 e. The number of nitrogens with one attached hydrogen (secondary N) is 1. The summed E-state index contributed by atoms with van der Waals surface area (Å²) in [4.78, 5) is 16.7. The summed E-state index contributed by atoms with van der Waals surface area (Å²) in [6, 6.07) is 9.80. The molecule has 144 valence electrons. The van der Waals surface area contributed by atoms with Gasteiger partial charge in [0.2, 0.25) is 0 Å². The van der Waals surface area contributed by atoms with Crippen molar-refractivity contribution in [2.75, 3.05) is 43.5 Å². The molecule has 6 heteroatoms. The molecule has 0 saturated carbocycles. The topological polar surface area (TPSA) is 44.8 Å². The fourth-order valence-electron chi connectivity index (χ4n) is 3.29. The lowest BCUT2D eigenvalue weighted by Crippen LogP contribution is -2.50. The lowest BCUT2D eigenvalue weighted by molar-refractivity contribution is 0.208. The van der Waals surface area contributed by atoms with E-state index in [9.17, 15) is 4.79 Å². The fourth-order valence-corrected chi connectivity index (χ4v) is 3.44. The van der Waals surface area contributed by atoms with Crippen LogP contribution in [0, 0.1) is 20.8 Å². The molecule has 1 saturated heterocycles. The van der Waals surface area contributed by atoms with Gasteiger partial charge in [0.25, 0.3) is 0 Å². The van der Waals surface area contributed by atoms with Crippen LogP contribution in [-0.4, -0.2) is 44.2 Å². The summed E-state index contributed by atoms with van der Waals surface area (Å²) >= 11 is 6.21. The predicted octanol–water partition coefficient (Wildman–Crippen LogP) is 4.63. The first-order valence-electron chi connectivity index (χ1n) is 9.12. The molecule has 1 heterocycles. The molecule has 1 N–H and O–H groups in total. The van der Waals surface area contributed by atoms with Crippen molar-refractivity contribution in [2.45, 2.75) is 20.8 Å². The van der Waals surface area contributed by atoms with Gasteiger partial charge in [-0.1, -0.05) is 23.7 Å². The highest BCUT2D eigenvalue weighted by Gasteiger charge is 2.24. The van der Waals surface area contributed by atoms with Gasteiger partial charge in [0.15, 0.2) is 0 Å². The third-order valence-electron chi connectivity index (χ3n) is 5.21. The molecule has 2 aromatic carbocycles. The highest BCUT2D eigenvalue weighted by Crippen LogP contribution is 2.34. The van der Waals surface area contributed by atoms with Gasteiger partial charge in [0.05, 0.1) is 12.8 Å². The molecule has 2 aromatic rings. The summed E-state index contributed by atoms with van der Waals surface area (Å²) in [5.41, 5.74) is 5.18. The van der Waals surface area contributed by atoms with E-state index in [1.807, 2.05) is 56.0 Å². The first-order valence-corrected chi connectivity index (χ1v) is 9.49. The number of ether oxygens (including phenoxy) is 1. The Labute approximate surface area is 165 Å². The normalized spacial score (nSPS) is 14.3. The second-order valence-corrected chi connectivity index (χ2v) is 7.33. The molecule has 1 fully saturated rings. The molecule has 27 heavy (non-hydrogen) atoms. The minimum Gasteiger partial charge on any atom is -0.495 e. The summed E-state index contributed by atoms with van der Waals surface area (Å²) in [5.74, 6) is 0.763. The van der Waals surface area contributed by atoms with Gasteiger partial charge in [0.1, 0.15) is 5.75 Å². The van der Waals surface area contributed by atoms with E-state index in [0.717, 1.165) is 41.3 Å². The van der Waals surface area contributed by atoms with Gasteiger partial charge in [-0.05, 0) is 49.6 Å². The number of hydrogen-bond acceptors (Lipinski definition) is 3. The number of urea groups is 1. The van der Waals surface area contributed by atoms with E-state index >= 15 is 0 Å². The Hall–Kier alpha value is -2.40. The van der Waals surface area contributed by atoms with E-state index in [1.165, 1.54) is 5.56 Å². The smallest absolute Gasteiger partial charge is 0.321 e. The Morgan fingerprint density at radius 3 is 2.44 bits per heavy atom. The van der Waals surface area contributed by atoms with E-state index in [4.69, 9.17) is 16.3 Å². The molecule has 1 aliphatic rings. The zero-order valence-electron chi connectivity index (χ0n) is 16.3. The van der Waals surface area contributed by atoms with Gasteiger partial charge in [-0.3, -0.25) is 0 Å². The zero-order chi connectivity index (χ0) is 19.6. The number of piperazine rings is 1. The van der Waals surface area contributed by atoms with E-state index in [-0.39, 0.29) is 6.03 Å². The molecule has 0 aromatic heterocycles. The number of methoxy groups -OCH3 is 1. The molecular weight excluding hydrogens is 362 g/mol. The molecule has 0 bridgehead atoms. The summed E-state index contributed by atoms with van der Waals surface area (Å²) in [5, 5.41) is 3.74. The molecule has 5 nitrogen and oxygen atoms in total. The summed E-state index contributed by atoms with van der Waals surface area (Å²) in [6.07, 6.45) is 0. The Morgan fingerprint density at radius 1 is 1.07 bits per heavy atom. The van der Waals surface area contributed by atoms with Gasteiger partial charge in [-0.25, -0.2) is 4.79 Å². The van der Waals surface area contributed by atoms with Crippen LogP contribution in [0.2, 0.25) is 5.02 Å². The number of hydrogen-bond donors (Lipinski definition) is 1. The average molecular weight is 388 g/mol. The Balaban J connectivity index is 1.66. The number of aryl methyl sites for hydroxylation is 2. The average Bonchev–Trinajstić information content (AvgIpc) is 2.67. The van der Waals surface area contributed by atoms with Crippen molar-refractivity contribution < 1.29 is 9.53 Å². The van der Waals surface area contributed by atoms with Crippen molar-refractivity contribution in [3.05, 3.63) is 52.0 Å². The van der Waals surface area contributed by atoms with E-state index in [1.54, 1.807) is 7.11 Å². The van der Waals surface area contributed by atoms with Gasteiger partial charge < -0.3 is 19.9 Å². The molecule has 0 radical (unpaired) electrons. The minimum atomic E-state index is -0.0531. The van der Waals surface area contributed by atoms with Crippen LogP contribution in [0.25, 0.3) is 0 Å². The van der Waals surface area contributed by atoms with Crippen molar-refractivity contribution in [1.29, 1.82) is 0 Å². The number of benzene rings is 2. The Morgan fingerprint density at radius 2 is 1.78 bits per heavy atom. The highest BCUT2D eigenvalue weighted by atomic mass is 35.5. The van der Waals surface area contributed by atoms with E-state index in [2.05, 4.69) is 10.2 Å². The minimum absolute atomic E-state index is 0.0531. The molecule has 2 amide bonds. The van der Waals surface area contributed by atoms with Crippen molar-refractivity contribution in [3.8, 4) is 5.75 Å².